The number of amides is 4. The van der Waals surface area contributed by atoms with E-state index in [1.807, 2.05) is 36.1 Å². The molecule has 1 saturated heterocycles. The predicted octanol–water partition coefficient (Wildman–Crippen LogP) is 2.12. The Hall–Kier alpha value is -3.90. The molecule has 2 aromatic carbocycles. The third-order valence-electron chi connectivity index (χ3n) is 5.90. The van der Waals surface area contributed by atoms with Crippen molar-refractivity contribution in [2.75, 3.05) is 38.1 Å². The van der Waals surface area contributed by atoms with Crippen molar-refractivity contribution in [3.05, 3.63) is 64.7 Å². The average molecular weight is 464 g/mol. The quantitative estimate of drug-likeness (QED) is 0.467. The van der Waals surface area contributed by atoms with Crippen LogP contribution in [0.2, 0.25) is 0 Å². The number of nitriles is 1. The molecule has 0 unspecified atom stereocenters. The van der Waals surface area contributed by atoms with E-state index >= 15 is 0 Å². The fourth-order valence-corrected chi connectivity index (χ4v) is 3.92. The molecular formula is C25H29N5O4. The maximum Gasteiger partial charge on any atom is 0.319 e. The fraction of sp³-hybridized carbons (Fsp3) is 0.360. The van der Waals surface area contributed by atoms with Gasteiger partial charge in [-0.05, 0) is 61.1 Å². The number of carbonyl (C=O) groups is 3. The third kappa shape index (κ3) is 6.56. The van der Waals surface area contributed by atoms with Gasteiger partial charge in [0.15, 0.2) is 0 Å². The van der Waals surface area contributed by atoms with Crippen LogP contribution in [0.1, 0.15) is 45.8 Å². The number of hydrogen-bond donors (Lipinski definition) is 4. The molecule has 0 aliphatic carbocycles. The minimum atomic E-state index is -0.598. The van der Waals surface area contributed by atoms with Gasteiger partial charge < -0.3 is 26.0 Å². The number of aryl methyl sites for hydroxylation is 1. The van der Waals surface area contributed by atoms with E-state index in [1.54, 1.807) is 18.2 Å². The monoisotopic (exact) mass is 463 g/mol. The summed E-state index contributed by atoms with van der Waals surface area (Å²) in [7, 11) is 0. The standard InChI is InChI=1S/C25H29N5O4/c1-17-2-5-21(14-22(17)29-25(34)28-11-10-27-23(32)16-31)24(33)30-12-8-20(9-13-30)19-6-3-18(15-26)4-7-19/h2-7,14,20,31H,8-13,16H2,1H3,(H,27,32)(H2,28,29,34). The summed E-state index contributed by atoms with van der Waals surface area (Å²) in [5, 5.41) is 25.4. The van der Waals surface area contributed by atoms with Gasteiger partial charge in [-0.15, -0.1) is 0 Å². The lowest BCUT2D eigenvalue weighted by atomic mass is 9.89. The number of piperidine rings is 1. The van der Waals surface area contributed by atoms with Gasteiger partial charge in [-0.2, -0.15) is 5.26 Å². The van der Waals surface area contributed by atoms with Crippen LogP contribution >= 0.6 is 0 Å². The number of rotatable bonds is 7. The summed E-state index contributed by atoms with van der Waals surface area (Å²) < 4.78 is 0. The van der Waals surface area contributed by atoms with Gasteiger partial charge in [0.2, 0.25) is 5.91 Å². The van der Waals surface area contributed by atoms with Gasteiger partial charge in [0, 0.05) is 37.4 Å². The summed E-state index contributed by atoms with van der Waals surface area (Å²) >= 11 is 0. The first-order valence-electron chi connectivity index (χ1n) is 11.2. The molecule has 0 atom stereocenters. The van der Waals surface area contributed by atoms with Crippen molar-refractivity contribution in [2.45, 2.75) is 25.7 Å². The number of aliphatic hydroxyl groups is 1. The van der Waals surface area contributed by atoms with Crippen LogP contribution in [0, 0.1) is 18.3 Å². The predicted molar refractivity (Wildman–Crippen MR) is 127 cm³/mol. The highest BCUT2D eigenvalue weighted by Gasteiger charge is 2.25. The van der Waals surface area contributed by atoms with Crippen molar-refractivity contribution in [3.63, 3.8) is 0 Å². The Morgan fingerprint density at radius 3 is 2.38 bits per heavy atom. The van der Waals surface area contributed by atoms with Gasteiger partial charge in [-0.3, -0.25) is 9.59 Å². The maximum absolute atomic E-state index is 13.1. The zero-order chi connectivity index (χ0) is 24.5. The first-order valence-corrected chi connectivity index (χ1v) is 11.2. The Labute approximate surface area is 198 Å². The van der Waals surface area contributed by atoms with Gasteiger partial charge >= 0.3 is 6.03 Å². The van der Waals surface area contributed by atoms with Crippen molar-refractivity contribution in [2.24, 2.45) is 0 Å². The number of urea groups is 1. The Kier molecular flexibility index (Phi) is 8.60. The zero-order valence-electron chi connectivity index (χ0n) is 19.1. The molecule has 4 amide bonds. The summed E-state index contributed by atoms with van der Waals surface area (Å²) in [6, 6.07) is 14.6. The largest absolute Gasteiger partial charge is 0.387 e. The zero-order valence-corrected chi connectivity index (χ0v) is 19.1. The molecule has 0 spiro atoms. The van der Waals surface area contributed by atoms with Crippen molar-refractivity contribution in [1.29, 1.82) is 5.26 Å². The number of likely N-dealkylation sites (tertiary alicyclic amines) is 1. The van der Waals surface area contributed by atoms with E-state index in [4.69, 9.17) is 10.4 Å². The van der Waals surface area contributed by atoms with Gasteiger partial charge in [0.1, 0.15) is 6.61 Å². The molecule has 9 heteroatoms. The highest BCUT2D eigenvalue weighted by molar-refractivity contribution is 5.97. The molecule has 1 aliphatic heterocycles. The molecule has 3 rings (SSSR count). The van der Waals surface area contributed by atoms with Gasteiger partial charge in [0.05, 0.1) is 11.6 Å². The summed E-state index contributed by atoms with van der Waals surface area (Å²) in [5.74, 6) is -0.225. The second-order valence-electron chi connectivity index (χ2n) is 8.22. The van der Waals surface area contributed by atoms with Crippen molar-refractivity contribution < 1.29 is 19.5 Å². The Morgan fingerprint density at radius 1 is 1.06 bits per heavy atom. The molecule has 1 aliphatic rings. The molecule has 0 saturated carbocycles. The molecule has 4 N–H and O–H groups in total. The van der Waals surface area contributed by atoms with Gasteiger partial charge in [-0.25, -0.2) is 4.79 Å². The van der Waals surface area contributed by atoms with E-state index < -0.39 is 18.5 Å². The van der Waals surface area contributed by atoms with Crippen LogP contribution in [-0.4, -0.2) is 60.6 Å². The molecule has 0 bridgehead atoms. The fourth-order valence-electron chi connectivity index (χ4n) is 3.92. The second-order valence-corrected chi connectivity index (χ2v) is 8.22. The minimum absolute atomic E-state index is 0.0755. The van der Waals surface area contributed by atoms with E-state index in [9.17, 15) is 14.4 Å². The number of aliphatic hydroxyl groups excluding tert-OH is 1. The Morgan fingerprint density at radius 2 is 1.74 bits per heavy atom. The van der Waals surface area contributed by atoms with Crippen molar-refractivity contribution >= 4 is 23.5 Å². The van der Waals surface area contributed by atoms with E-state index in [0.29, 0.717) is 35.8 Å². The number of carbonyl (C=O) groups excluding carboxylic acids is 3. The van der Waals surface area contributed by atoms with Crippen molar-refractivity contribution in [3.8, 4) is 6.07 Å². The molecule has 0 aromatic heterocycles. The van der Waals surface area contributed by atoms with Crippen LogP contribution in [0.4, 0.5) is 10.5 Å². The van der Waals surface area contributed by atoms with Crippen LogP contribution < -0.4 is 16.0 Å². The highest BCUT2D eigenvalue weighted by Crippen LogP contribution is 2.29. The lowest BCUT2D eigenvalue weighted by molar-refractivity contribution is -0.123. The topological polar surface area (TPSA) is 135 Å². The number of anilines is 1. The third-order valence-corrected chi connectivity index (χ3v) is 5.90. The average Bonchev–Trinajstić information content (AvgIpc) is 2.87. The van der Waals surface area contributed by atoms with Crippen LogP contribution in [0.3, 0.4) is 0 Å². The number of nitrogens with zero attached hydrogens (tertiary/aromatic N) is 2. The van der Waals surface area contributed by atoms with Gasteiger partial charge in [-0.1, -0.05) is 18.2 Å². The lowest BCUT2D eigenvalue weighted by Gasteiger charge is -2.32. The molecule has 1 fully saturated rings. The summed E-state index contributed by atoms with van der Waals surface area (Å²) in [5.41, 5.74) is 3.69. The summed E-state index contributed by atoms with van der Waals surface area (Å²) in [6.07, 6.45) is 1.70. The lowest BCUT2D eigenvalue weighted by Crippen LogP contribution is -2.38. The molecular weight excluding hydrogens is 434 g/mol. The van der Waals surface area contributed by atoms with Crippen LogP contribution in [0.5, 0.6) is 0 Å². The maximum atomic E-state index is 13.1. The number of hydrogen-bond acceptors (Lipinski definition) is 5. The van der Waals surface area contributed by atoms with Crippen LogP contribution in [-0.2, 0) is 4.79 Å². The number of nitrogens with one attached hydrogen (secondary N) is 3. The molecule has 2 aromatic rings. The Balaban J connectivity index is 1.54. The molecule has 9 nitrogen and oxygen atoms in total. The second kappa shape index (κ2) is 11.8. The number of benzene rings is 2. The Bertz CT molecular complexity index is 1070. The van der Waals surface area contributed by atoms with Crippen molar-refractivity contribution in [1.82, 2.24) is 15.5 Å². The minimum Gasteiger partial charge on any atom is -0.387 e. The van der Waals surface area contributed by atoms with Crippen LogP contribution in [0.25, 0.3) is 0 Å². The molecule has 178 valence electrons. The van der Waals surface area contributed by atoms with E-state index in [1.165, 1.54) is 5.56 Å². The molecule has 1 heterocycles. The molecule has 0 radical (unpaired) electrons. The SMILES string of the molecule is Cc1ccc(C(=O)N2CCC(c3ccc(C#N)cc3)CC2)cc1NC(=O)NCCNC(=O)CO. The van der Waals surface area contributed by atoms with E-state index in [-0.39, 0.29) is 19.0 Å². The normalized spacial score (nSPS) is 13.6. The first-order chi connectivity index (χ1) is 16.4. The van der Waals surface area contributed by atoms with E-state index in [2.05, 4.69) is 22.0 Å². The summed E-state index contributed by atoms with van der Waals surface area (Å²) in [6.45, 7) is 2.92. The van der Waals surface area contributed by atoms with Crippen LogP contribution in [0.15, 0.2) is 42.5 Å². The first kappa shape index (κ1) is 24.7. The molecule has 34 heavy (non-hydrogen) atoms. The van der Waals surface area contributed by atoms with E-state index in [0.717, 1.165) is 18.4 Å². The van der Waals surface area contributed by atoms with Gasteiger partial charge in [0.25, 0.3) is 5.91 Å². The smallest absolute Gasteiger partial charge is 0.319 e. The highest BCUT2D eigenvalue weighted by atomic mass is 16.3. The summed E-state index contributed by atoms with van der Waals surface area (Å²) in [4.78, 5) is 38.1.